The minimum atomic E-state index is -1.34. The van der Waals surface area contributed by atoms with Gasteiger partial charge in [0.15, 0.2) is 11.2 Å². The van der Waals surface area contributed by atoms with Crippen molar-refractivity contribution in [1.29, 1.82) is 0 Å². The van der Waals surface area contributed by atoms with Crippen molar-refractivity contribution in [2.45, 2.75) is 123 Å². The highest BCUT2D eigenvalue weighted by atomic mass is 16.1. The highest BCUT2D eigenvalue weighted by Gasteiger charge is 2.49. The van der Waals surface area contributed by atoms with E-state index in [0.717, 1.165) is 35.1 Å². The van der Waals surface area contributed by atoms with Crippen LogP contribution in [0.3, 0.4) is 0 Å². The number of hydrogen-bond donors (Lipinski definition) is 1. The molecule has 0 spiro atoms. The Kier molecular flexibility index (Phi) is 11.7. The van der Waals surface area contributed by atoms with Crippen LogP contribution in [-0.4, -0.2) is 26.1 Å². The molecule has 0 saturated carbocycles. The second-order valence-electron chi connectivity index (χ2n) is 11.5. The molecule has 0 aliphatic heterocycles. The molecule has 3 aromatic rings. The van der Waals surface area contributed by atoms with Gasteiger partial charge in [0, 0.05) is 0 Å². The zero-order valence-electron chi connectivity index (χ0n) is 24.8. The van der Waals surface area contributed by atoms with Gasteiger partial charge in [-0.05, 0) is 45.7 Å². The zero-order valence-corrected chi connectivity index (χ0v) is 24.8. The van der Waals surface area contributed by atoms with Crippen molar-refractivity contribution in [2.75, 3.05) is 0 Å². The summed E-state index contributed by atoms with van der Waals surface area (Å²) in [6.45, 7) is 11.5. The molecule has 1 amide bonds. The van der Waals surface area contributed by atoms with E-state index in [1.807, 2.05) is 30.3 Å². The van der Waals surface area contributed by atoms with Crippen LogP contribution in [0.2, 0.25) is 0 Å². The van der Waals surface area contributed by atoms with Crippen LogP contribution in [-0.2, 0) is 16.8 Å². The number of nitrogens with two attached hydrogens (primary N) is 1. The Morgan fingerprint density at radius 3 is 1.85 bits per heavy atom. The van der Waals surface area contributed by atoms with Crippen molar-refractivity contribution in [2.24, 2.45) is 5.73 Å². The first-order chi connectivity index (χ1) is 18.8. The van der Waals surface area contributed by atoms with Crippen LogP contribution in [0.5, 0.6) is 0 Å². The van der Waals surface area contributed by atoms with E-state index in [-0.39, 0.29) is 11.8 Å². The Hall–Kier alpha value is -3.02. The van der Waals surface area contributed by atoms with Gasteiger partial charge in [0.25, 0.3) is 0 Å². The Balaban J connectivity index is 1.89. The lowest BCUT2D eigenvalue weighted by Crippen LogP contribution is -2.46. The first kappa shape index (κ1) is 30.5. The molecule has 212 valence electrons. The fourth-order valence-electron chi connectivity index (χ4n) is 5.66. The number of unbranched alkanes of at least 4 members (excludes halogenated alkanes) is 9. The first-order valence-corrected chi connectivity index (χ1v) is 15.1. The molecule has 6 nitrogen and oxygen atoms in total. The van der Waals surface area contributed by atoms with Gasteiger partial charge in [0.2, 0.25) is 5.91 Å². The molecule has 1 aromatic heterocycles. The van der Waals surface area contributed by atoms with Crippen molar-refractivity contribution in [3.05, 3.63) is 76.6 Å². The van der Waals surface area contributed by atoms with Crippen LogP contribution in [0.4, 0.5) is 0 Å². The van der Waals surface area contributed by atoms with Gasteiger partial charge < -0.3 is 5.73 Å². The highest BCUT2D eigenvalue weighted by molar-refractivity contribution is 5.95. The number of nitrogens with zero attached hydrogens (tertiary/aromatic N) is 4. The molecule has 0 saturated heterocycles. The molecule has 2 N–H and O–H groups in total. The number of aromatic nitrogens is 4. The Morgan fingerprint density at radius 2 is 1.33 bits per heavy atom. The molecule has 2 aromatic carbocycles. The topological polar surface area (TPSA) is 86.7 Å². The SMILES string of the molecule is CCCCCCCCCCCCn1nnc(C(C(N)=O)(c2ccccc2)c2c(C(C)C)cccc2C(C)C)n1. The summed E-state index contributed by atoms with van der Waals surface area (Å²) in [6, 6.07) is 16.0. The number of carbonyl (C=O) groups is 1. The molecule has 0 fully saturated rings. The van der Waals surface area contributed by atoms with Gasteiger partial charge in [0.05, 0.1) is 6.54 Å². The van der Waals surface area contributed by atoms with Crippen molar-refractivity contribution < 1.29 is 4.79 Å². The predicted molar refractivity (Wildman–Crippen MR) is 160 cm³/mol. The van der Waals surface area contributed by atoms with E-state index < -0.39 is 11.3 Å². The quantitative estimate of drug-likeness (QED) is 0.181. The summed E-state index contributed by atoms with van der Waals surface area (Å²) in [5.74, 6) is 0.233. The summed E-state index contributed by atoms with van der Waals surface area (Å²) >= 11 is 0. The summed E-state index contributed by atoms with van der Waals surface area (Å²) < 4.78 is 0. The highest BCUT2D eigenvalue weighted by Crippen LogP contribution is 2.44. The number of rotatable bonds is 17. The minimum absolute atomic E-state index is 0.183. The molecule has 39 heavy (non-hydrogen) atoms. The number of primary amides is 1. The van der Waals surface area contributed by atoms with Crippen molar-refractivity contribution in [3.63, 3.8) is 0 Å². The van der Waals surface area contributed by atoms with Crippen molar-refractivity contribution in [3.8, 4) is 0 Å². The average Bonchev–Trinajstić information content (AvgIpc) is 3.39. The summed E-state index contributed by atoms with van der Waals surface area (Å²) in [6.07, 6.45) is 12.7. The normalized spacial score (nSPS) is 13.2. The lowest BCUT2D eigenvalue weighted by molar-refractivity contribution is -0.121. The van der Waals surface area contributed by atoms with Crippen LogP contribution in [0, 0.1) is 0 Å². The molecule has 3 rings (SSSR count). The summed E-state index contributed by atoms with van der Waals surface area (Å²) in [7, 11) is 0. The van der Waals surface area contributed by atoms with E-state index in [2.05, 4.69) is 63.1 Å². The second kappa shape index (κ2) is 14.9. The Labute approximate surface area is 235 Å². The number of carbonyl (C=O) groups excluding carboxylic acids is 1. The fourth-order valence-corrected chi connectivity index (χ4v) is 5.66. The molecule has 0 aliphatic carbocycles. The van der Waals surface area contributed by atoms with E-state index in [1.165, 1.54) is 51.4 Å². The maximum atomic E-state index is 13.7. The van der Waals surface area contributed by atoms with Gasteiger partial charge in [0.1, 0.15) is 0 Å². The van der Waals surface area contributed by atoms with E-state index in [0.29, 0.717) is 12.4 Å². The summed E-state index contributed by atoms with van der Waals surface area (Å²) in [4.78, 5) is 15.4. The van der Waals surface area contributed by atoms with Crippen molar-refractivity contribution in [1.82, 2.24) is 20.2 Å². The van der Waals surface area contributed by atoms with Crippen LogP contribution < -0.4 is 5.73 Å². The Bertz CT molecular complexity index is 1130. The van der Waals surface area contributed by atoms with E-state index >= 15 is 0 Å². The third-order valence-corrected chi connectivity index (χ3v) is 7.82. The minimum Gasteiger partial charge on any atom is -0.368 e. The molecule has 0 radical (unpaired) electrons. The third kappa shape index (κ3) is 7.34. The predicted octanol–water partition coefficient (Wildman–Crippen LogP) is 7.66. The van der Waals surface area contributed by atoms with E-state index in [4.69, 9.17) is 10.8 Å². The summed E-state index contributed by atoms with van der Waals surface area (Å²) in [5.41, 5.74) is 8.85. The Morgan fingerprint density at radius 1 is 0.795 bits per heavy atom. The monoisotopic (exact) mass is 531 g/mol. The smallest absolute Gasteiger partial charge is 0.240 e. The van der Waals surface area contributed by atoms with Crippen LogP contribution in [0.1, 0.15) is 139 Å². The maximum Gasteiger partial charge on any atom is 0.240 e. The molecule has 0 bridgehead atoms. The molecule has 0 aliphatic rings. The molecular formula is C33H49N5O. The number of hydrogen-bond acceptors (Lipinski definition) is 4. The van der Waals surface area contributed by atoms with Gasteiger partial charge in [-0.2, -0.15) is 4.80 Å². The van der Waals surface area contributed by atoms with Gasteiger partial charge in [-0.1, -0.05) is 141 Å². The van der Waals surface area contributed by atoms with Gasteiger partial charge in [-0.25, -0.2) is 0 Å². The van der Waals surface area contributed by atoms with Crippen LogP contribution in [0.15, 0.2) is 48.5 Å². The second-order valence-corrected chi connectivity index (χ2v) is 11.5. The van der Waals surface area contributed by atoms with E-state index in [1.54, 1.807) is 4.80 Å². The maximum absolute atomic E-state index is 13.7. The molecule has 1 atom stereocenters. The third-order valence-electron chi connectivity index (χ3n) is 7.82. The number of tetrazole rings is 1. The zero-order chi connectivity index (χ0) is 28.3. The first-order valence-electron chi connectivity index (χ1n) is 15.1. The van der Waals surface area contributed by atoms with Gasteiger partial charge in [-0.3, -0.25) is 4.79 Å². The lowest BCUT2D eigenvalue weighted by atomic mass is 9.67. The molecule has 6 heteroatoms. The van der Waals surface area contributed by atoms with Gasteiger partial charge in [-0.15, -0.1) is 10.2 Å². The number of amides is 1. The standard InChI is InChI=1S/C33H49N5O/c1-6-7-8-9-10-11-12-13-14-18-24-38-36-32(35-37-38)33(31(34)39,27-20-16-15-17-21-27)30-28(25(2)3)22-19-23-29(30)26(4)5/h15-17,19-23,25-26H,6-14,18,24H2,1-5H3,(H2,34,39). The van der Waals surface area contributed by atoms with Crippen LogP contribution in [0.25, 0.3) is 0 Å². The average molecular weight is 532 g/mol. The number of aryl methyl sites for hydroxylation is 1. The largest absolute Gasteiger partial charge is 0.368 e. The van der Waals surface area contributed by atoms with E-state index in [9.17, 15) is 4.79 Å². The van der Waals surface area contributed by atoms with Crippen LogP contribution >= 0.6 is 0 Å². The number of benzene rings is 2. The molecule has 1 unspecified atom stereocenters. The molecule has 1 heterocycles. The fraction of sp³-hybridized carbons (Fsp3) is 0.576. The van der Waals surface area contributed by atoms with Gasteiger partial charge >= 0.3 is 0 Å². The summed E-state index contributed by atoms with van der Waals surface area (Å²) in [5, 5.41) is 13.7. The lowest BCUT2D eigenvalue weighted by Gasteiger charge is -2.34. The molecular weight excluding hydrogens is 482 g/mol. The van der Waals surface area contributed by atoms with Crippen molar-refractivity contribution >= 4 is 5.91 Å².